The van der Waals surface area contributed by atoms with Gasteiger partial charge in [0.05, 0.1) is 13.3 Å². The first-order valence-electron chi connectivity index (χ1n) is 5.92. The Morgan fingerprint density at radius 1 is 0.882 bits per heavy atom. The highest BCUT2D eigenvalue weighted by atomic mass is 31.2. The van der Waals surface area contributed by atoms with Crippen LogP contribution in [0, 0.1) is 0 Å². The van der Waals surface area contributed by atoms with Gasteiger partial charge in [-0.15, -0.1) is 0 Å². The van der Waals surface area contributed by atoms with Gasteiger partial charge in [0.25, 0.3) is 0 Å². The Balaban J connectivity index is 5.25. The third kappa shape index (κ3) is 4.99. The van der Waals surface area contributed by atoms with Crippen molar-refractivity contribution in [3.05, 3.63) is 0 Å². The lowest BCUT2D eigenvalue weighted by molar-refractivity contribution is 0.352. The minimum atomic E-state index is -3.60. The van der Waals surface area contributed by atoms with E-state index >= 15 is 0 Å². The van der Waals surface area contributed by atoms with Crippen molar-refractivity contribution in [1.82, 2.24) is 0 Å². The minimum absolute atomic E-state index is 0.114. The Labute approximate surface area is 108 Å². The smallest absolute Gasteiger partial charge is 0.324 e. The quantitative estimate of drug-likeness (QED) is 0.726. The first kappa shape index (κ1) is 17.6. The van der Waals surface area contributed by atoms with Crippen molar-refractivity contribution in [2.45, 2.75) is 77.8 Å². The zero-order chi connectivity index (χ0) is 14.3. The van der Waals surface area contributed by atoms with Crippen molar-refractivity contribution in [1.29, 1.82) is 0 Å². The molecule has 0 saturated carbocycles. The van der Waals surface area contributed by atoms with Crippen LogP contribution < -0.4 is 0 Å². The highest BCUT2D eigenvalue weighted by Crippen LogP contribution is 2.71. The molecule has 0 aliphatic carbocycles. The zero-order valence-electron chi connectivity index (χ0n) is 12.7. The monoisotopic (exact) mass is 282 g/mol. The lowest BCUT2D eigenvalue weighted by Gasteiger charge is -2.42. The second-order valence-electron chi connectivity index (χ2n) is 7.41. The van der Waals surface area contributed by atoms with E-state index in [4.69, 9.17) is 4.31 Å². The third-order valence-electron chi connectivity index (χ3n) is 2.26. The number of hydrogen-bond acceptors (Lipinski definition) is 2. The van der Waals surface area contributed by atoms with Crippen molar-refractivity contribution >= 4 is 15.7 Å². The third-order valence-corrected chi connectivity index (χ3v) is 7.93. The molecule has 0 aromatic rings. The molecule has 1 atom stereocenters. The van der Waals surface area contributed by atoms with Crippen LogP contribution in [0.1, 0.15) is 62.3 Å². The number of hydrogen-bond donors (Lipinski definition) is 1. The van der Waals surface area contributed by atoms with E-state index in [2.05, 4.69) is 41.5 Å². The summed E-state index contributed by atoms with van der Waals surface area (Å²) in [5, 5.41) is -0.960. The fraction of sp³-hybridized carbons (Fsp3) is 1.00. The second kappa shape index (κ2) is 4.93. The molecule has 0 aliphatic heterocycles. The summed E-state index contributed by atoms with van der Waals surface area (Å²) in [6.45, 7) is 17.6. The van der Waals surface area contributed by atoms with Crippen LogP contribution in [0.2, 0.25) is 0 Å². The molecule has 1 N–H and O–H groups in total. The Kier molecular flexibility index (Phi) is 5.10. The molecule has 0 radical (unpaired) electrons. The molecule has 0 saturated heterocycles. The molecule has 5 heteroatoms. The van der Waals surface area contributed by atoms with E-state index in [9.17, 15) is 9.46 Å². The molecule has 0 rings (SSSR count). The van der Waals surface area contributed by atoms with E-state index in [1.165, 1.54) is 0 Å². The maximum atomic E-state index is 12.3. The molecule has 0 amide bonds. The summed E-state index contributed by atoms with van der Waals surface area (Å²) in [5.41, 5.74) is 0. The van der Waals surface area contributed by atoms with Crippen molar-refractivity contribution < 1.29 is 13.8 Å². The summed E-state index contributed by atoms with van der Waals surface area (Å²) in [6.07, 6.45) is 0. The molecule has 17 heavy (non-hydrogen) atoms. The van der Waals surface area contributed by atoms with Crippen molar-refractivity contribution in [2.24, 2.45) is 0 Å². The first-order valence-corrected chi connectivity index (χ1v) is 8.76. The average Bonchev–Trinajstić information content (AvgIpc) is 1.93. The molecule has 0 aliphatic rings. The summed E-state index contributed by atoms with van der Waals surface area (Å²) in [4.78, 5) is 10.1. The lowest BCUT2D eigenvalue weighted by atomic mass is 10.2. The molecule has 1 unspecified atom stereocenters. The normalized spacial score (nSPS) is 18.3. The van der Waals surface area contributed by atoms with Gasteiger partial charge in [0, 0.05) is 10.3 Å². The Hall–Kier alpha value is 0.580. The van der Waals surface area contributed by atoms with E-state index in [0.717, 1.165) is 0 Å². The van der Waals surface area contributed by atoms with Crippen molar-refractivity contribution in [2.75, 3.05) is 0 Å². The van der Waals surface area contributed by atoms with E-state index < -0.39 is 20.9 Å². The van der Waals surface area contributed by atoms with Gasteiger partial charge in [-0.1, -0.05) is 41.5 Å². The van der Waals surface area contributed by atoms with Gasteiger partial charge in [-0.3, -0.25) is 8.88 Å². The highest BCUT2D eigenvalue weighted by Gasteiger charge is 2.45. The van der Waals surface area contributed by atoms with Crippen LogP contribution in [-0.2, 0) is 8.88 Å². The van der Waals surface area contributed by atoms with Crippen molar-refractivity contribution in [3.8, 4) is 0 Å². The SMILES string of the molecule is CC(C)(C)P(OP(=O)(O)C(C)(C)C)C(C)(C)C. The maximum absolute atomic E-state index is 12.3. The molecule has 0 heterocycles. The molecule has 0 bridgehead atoms. The molecule has 0 fully saturated rings. The summed E-state index contributed by atoms with van der Waals surface area (Å²) < 4.78 is 18.0. The van der Waals surface area contributed by atoms with Gasteiger partial charge in [-0.25, -0.2) is 0 Å². The molecule has 0 spiro atoms. The van der Waals surface area contributed by atoms with Crippen LogP contribution in [-0.4, -0.2) is 20.4 Å². The standard InChI is InChI=1S/C12H28O3P2/c1-10(2,3)16(11(4,5)6)15-17(13,14)12(7,8)9/h1-9H3,(H,13,14). The minimum Gasteiger partial charge on any atom is -0.324 e. The molecular weight excluding hydrogens is 254 g/mol. The van der Waals surface area contributed by atoms with Gasteiger partial charge in [0.15, 0.2) is 0 Å². The summed E-state index contributed by atoms with van der Waals surface area (Å²) in [6, 6.07) is 0. The van der Waals surface area contributed by atoms with Crippen LogP contribution in [0.25, 0.3) is 0 Å². The van der Waals surface area contributed by atoms with Gasteiger partial charge >= 0.3 is 7.60 Å². The van der Waals surface area contributed by atoms with Crippen LogP contribution in [0.5, 0.6) is 0 Å². The van der Waals surface area contributed by atoms with Gasteiger partial charge in [0.1, 0.15) is 0 Å². The van der Waals surface area contributed by atoms with E-state index in [0.29, 0.717) is 0 Å². The first-order chi connectivity index (χ1) is 7.09. The summed E-state index contributed by atoms with van der Waals surface area (Å²) in [7, 11) is -4.60. The van der Waals surface area contributed by atoms with Gasteiger partial charge in [0.2, 0.25) is 0 Å². The second-order valence-corrected chi connectivity index (χ2v) is 13.7. The zero-order valence-corrected chi connectivity index (χ0v) is 14.4. The van der Waals surface area contributed by atoms with E-state index in [1.54, 1.807) is 20.8 Å². The largest absolute Gasteiger partial charge is 0.336 e. The van der Waals surface area contributed by atoms with Gasteiger partial charge in [-0.05, 0) is 20.8 Å². The van der Waals surface area contributed by atoms with Gasteiger partial charge in [-0.2, -0.15) is 0 Å². The maximum Gasteiger partial charge on any atom is 0.336 e. The fourth-order valence-corrected chi connectivity index (χ4v) is 7.32. The fourth-order valence-electron chi connectivity index (χ4n) is 1.48. The predicted octanol–water partition coefficient (Wildman–Crippen LogP) is 4.98. The lowest BCUT2D eigenvalue weighted by Crippen LogP contribution is -2.27. The Morgan fingerprint density at radius 3 is 1.35 bits per heavy atom. The molecule has 104 valence electrons. The average molecular weight is 282 g/mol. The Bertz CT molecular complexity index is 291. The Morgan fingerprint density at radius 2 is 1.18 bits per heavy atom. The van der Waals surface area contributed by atoms with E-state index in [-0.39, 0.29) is 10.3 Å². The number of rotatable bonds is 2. The molecule has 0 aromatic carbocycles. The predicted molar refractivity (Wildman–Crippen MR) is 77.1 cm³/mol. The van der Waals surface area contributed by atoms with E-state index in [1.807, 2.05) is 0 Å². The summed E-state index contributed by atoms with van der Waals surface area (Å²) in [5.74, 6) is 0. The molecular formula is C12H28O3P2. The van der Waals surface area contributed by atoms with Gasteiger partial charge < -0.3 is 4.89 Å². The summed E-state index contributed by atoms with van der Waals surface area (Å²) >= 11 is 0. The molecule has 3 nitrogen and oxygen atoms in total. The van der Waals surface area contributed by atoms with Crippen LogP contribution in [0.4, 0.5) is 0 Å². The van der Waals surface area contributed by atoms with Crippen molar-refractivity contribution in [3.63, 3.8) is 0 Å². The topological polar surface area (TPSA) is 46.5 Å². The highest BCUT2D eigenvalue weighted by molar-refractivity contribution is 7.68. The van der Waals surface area contributed by atoms with Crippen LogP contribution in [0.15, 0.2) is 0 Å². The van der Waals surface area contributed by atoms with Crippen LogP contribution in [0.3, 0.4) is 0 Å². The van der Waals surface area contributed by atoms with Crippen LogP contribution >= 0.6 is 15.7 Å². The molecule has 0 aromatic heterocycles.